The zero-order valence-electron chi connectivity index (χ0n) is 11.4. The molecule has 0 spiro atoms. The molecule has 1 aromatic heterocycles. The molecule has 1 heterocycles. The van der Waals surface area contributed by atoms with Gasteiger partial charge in [-0.1, -0.05) is 24.3 Å². The minimum Gasteiger partial charge on any atom is -0.352 e. The van der Waals surface area contributed by atoms with Crippen LogP contribution < -0.4 is 5.32 Å². The Hall–Kier alpha value is -2.16. The van der Waals surface area contributed by atoms with Crippen molar-refractivity contribution in [2.24, 2.45) is 5.92 Å². The van der Waals surface area contributed by atoms with Gasteiger partial charge in [0.05, 0.1) is 5.56 Å². The van der Waals surface area contributed by atoms with Gasteiger partial charge in [0.1, 0.15) is 0 Å². The summed E-state index contributed by atoms with van der Waals surface area (Å²) < 4.78 is 0. The zero-order chi connectivity index (χ0) is 13.8. The van der Waals surface area contributed by atoms with Gasteiger partial charge in [0, 0.05) is 18.9 Å². The third-order valence-corrected chi connectivity index (χ3v) is 3.92. The fraction of sp³-hybridized carbons (Fsp3) is 0.294. The first kappa shape index (κ1) is 12.9. The van der Waals surface area contributed by atoms with Crippen LogP contribution in [0.5, 0.6) is 0 Å². The minimum absolute atomic E-state index is 0.0306. The highest BCUT2D eigenvalue weighted by Crippen LogP contribution is 2.24. The molecule has 20 heavy (non-hydrogen) atoms. The van der Waals surface area contributed by atoms with Gasteiger partial charge in [0.15, 0.2) is 0 Å². The number of nitrogens with one attached hydrogen (secondary N) is 1. The Bertz CT molecular complexity index is 595. The van der Waals surface area contributed by atoms with E-state index >= 15 is 0 Å². The summed E-state index contributed by atoms with van der Waals surface area (Å²) >= 11 is 0. The number of hydrogen-bond donors (Lipinski definition) is 1. The number of pyridine rings is 1. The van der Waals surface area contributed by atoms with Crippen LogP contribution in [0.25, 0.3) is 0 Å². The van der Waals surface area contributed by atoms with Gasteiger partial charge >= 0.3 is 0 Å². The van der Waals surface area contributed by atoms with Crippen LogP contribution in [0.3, 0.4) is 0 Å². The lowest BCUT2D eigenvalue weighted by molar-refractivity contribution is 0.0945. The Balaban J connectivity index is 1.57. The smallest absolute Gasteiger partial charge is 0.252 e. The van der Waals surface area contributed by atoms with Crippen LogP contribution in [0.4, 0.5) is 0 Å². The summed E-state index contributed by atoms with van der Waals surface area (Å²) in [6.07, 6.45) is 6.60. The minimum atomic E-state index is -0.0306. The molecular weight excluding hydrogens is 248 g/mol. The average molecular weight is 266 g/mol. The van der Waals surface area contributed by atoms with Crippen LogP contribution in [-0.2, 0) is 12.8 Å². The Morgan fingerprint density at radius 1 is 1.20 bits per heavy atom. The van der Waals surface area contributed by atoms with Crippen LogP contribution >= 0.6 is 0 Å². The molecule has 3 rings (SSSR count). The molecule has 0 bridgehead atoms. The first-order chi connectivity index (χ1) is 9.83. The quantitative estimate of drug-likeness (QED) is 0.928. The maximum atomic E-state index is 12.0. The van der Waals surface area contributed by atoms with Gasteiger partial charge in [-0.15, -0.1) is 0 Å². The predicted octanol–water partition coefficient (Wildman–Crippen LogP) is 2.62. The van der Waals surface area contributed by atoms with Gasteiger partial charge in [-0.05, 0) is 48.4 Å². The summed E-state index contributed by atoms with van der Waals surface area (Å²) in [5.41, 5.74) is 3.52. The monoisotopic (exact) mass is 266 g/mol. The van der Waals surface area contributed by atoms with Gasteiger partial charge in [0.25, 0.3) is 5.91 Å². The Labute approximate surface area is 119 Å². The second-order valence-corrected chi connectivity index (χ2v) is 5.33. The maximum Gasteiger partial charge on any atom is 0.252 e. The second kappa shape index (κ2) is 5.87. The van der Waals surface area contributed by atoms with Crippen molar-refractivity contribution in [3.63, 3.8) is 0 Å². The van der Waals surface area contributed by atoms with E-state index in [0.717, 1.165) is 25.8 Å². The number of carbonyl (C=O) groups is 1. The summed E-state index contributed by atoms with van der Waals surface area (Å²) in [5.74, 6) is 0.502. The normalized spacial score (nSPS) is 17.3. The molecule has 1 atom stereocenters. The summed E-state index contributed by atoms with van der Waals surface area (Å²) in [6.45, 7) is 0.738. The van der Waals surface area contributed by atoms with Crippen molar-refractivity contribution in [2.45, 2.75) is 19.3 Å². The number of aromatic nitrogens is 1. The lowest BCUT2D eigenvalue weighted by Gasteiger charge is -2.24. The Morgan fingerprint density at radius 3 is 2.85 bits per heavy atom. The first-order valence-electron chi connectivity index (χ1n) is 7.08. The van der Waals surface area contributed by atoms with Crippen LogP contribution in [0.15, 0.2) is 48.8 Å². The maximum absolute atomic E-state index is 12.0. The number of fused-ring (bicyclic) bond motifs is 1. The second-order valence-electron chi connectivity index (χ2n) is 5.33. The molecule has 3 nitrogen and oxygen atoms in total. The van der Waals surface area contributed by atoms with Gasteiger partial charge < -0.3 is 5.32 Å². The van der Waals surface area contributed by atoms with Crippen LogP contribution in [0.1, 0.15) is 27.9 Å². The van der Waals surface area contributed by atoms with E-state index in [1.54, 1.807) is 24.5 Å². The van der Waals surface area contributed by atoms with Crippen molar-refractivity contribution in [3.8, 4) is 0 Å². The molecule has 0 radical (unpaired) electrons. The number of aryl methyl sites for hydroxylation is 1. The number of hydrogen-bond acceptors (Lipinski definition) is 2. The van der Waals surface area contributed by atoms with Crippen molar-refractivity contribution in [2.75, 3.05) is 6.54 Å². The largest absolute Gasteiger partial charge is 0.352 e. The average Bonchev–Trinajstić information content (AvgIpc) is 2.53. The van der Waals surface area contributed by atoms with Crippen LogP contribution in [0.2, 0.25) is 0 Å². The molecule has 2 aromatic rings. The fourth-order valence-electron chi connectivity index (χ4n) is 2.78. The number of nitrogens with zero attached hydrogens (tertiary/aromatic N) is 1. The Morgan fingerprint density at radius 2 is 2.05 bits per heavy atom. The van der Waals surface area contributed by atoms with E-state index < -0.39 is 0 Å². The molecule has 0 saturated heterocycles. The summed E-state index contributed by atoms with van der Waals surface area (Å²) in [4.78, 5) is 16.0. The number of benzene rings is 1. The molecule has 1 aliphatic carbocycles. The SMILES string of the molecule is O=C(NCC1CCc2ccccc2C1)c1cccnc1. The lowest BCUT2D eigenvalue weighted by atomic mass is 9.84. The van der Waals surface area contributed by atoms with E-state index in [9.17, 15) is 4.79 Å². The third kappa shape index (κ3) is 2.87. The zero-order valence-corrected chi connectivity index (χ0v) is 11.4. The molecule has 0 saturated carbocycles. The van der Waals surface area contributed by atoms with Crippen molar-refractivity contribution in [1.29, 1.82) is 0 Å². The van der Waals surface area contributed by atoms with Gasteiger partial charge in [-0.25, -0.2) is 0 Å². The Kier molecular flexibility index (Phi) is 3.77. The van der Waals surface area contributed by atoms with Crippen LogP contribution in [-0.4, -0.2) is 17.4 Å². The topological polar surface area (TPSA) is 42.0 Å². The molecule has 0 aliphatic heterocycles. The van der Waals surface area contributed by atoms with E-state index in [1.807, 2.05) is 0 Å². The molecule has 102 valence electrons. The standard InChI is InChI=1S/C17H18N2O/c20-17(16-6-3-9-18-12-16)19-11-13-7-8-14-4-1-2-5-15(14)10-13/h1-6,9,12-13H,7-8,10-11H2,(H,19,20). The van der Waals surface area contributed by atoms with Gasteiger partial charge in [0.2, 0.25) is 0 Å². The van der Waals surface area contributed by atoms with Gasteiger partial charge in [-0.2, -0.15) is 0 Å². The molecule has 1 unspecified atom stereocenters. The van der Waals surface area contributed by atoms with Crippen molar-refractivity contribution in [3.05, 3.63) is 65.5 Å². The van der Waals surface area contributed by atoms with Crippen LogP contribution in [0, 0.1) is 5.92 Å². The van der Waals surface area contributed by atoms with E-state index in [0.29, 0.717) is 11.5 Å². The van der Waals surface area contributed by atoms with E-state index in [-0.39, 0.29) is 5.91 Å². The van der Waals surface area contributed by atoms with Crippen molar-refractivity contribution >= 4 is 5.91 Å². The summed E-state index contributed by atoms with van der Waals surface area (Å²) in [5, 5.41) is 3.02. The molecule has 3 heteroatoms. The van der Waals surface area contributed by atoms with Gasteiger partial charge in [-0.3, -0.25) is 9.78 Å². The lowest BCUT2D eigenvalue weighted by Crippen LogP contribution is -2.32. The molecule has 1 amide bonds. The molecule has 1 aliphatic rings. The highest BCUT2D eigenvalue weighted by molar-refractivity contribution is 5.93. The number of amides is 1. The summed E-state index contributed by atoms with van der Waals surface area (Å²) in [6, 6.07) is 12.2. The highest BCUT2D eigenvalue weighted by Gasteiger charge is 2.18. The van der Waals surface area contributed by atoms with E-state index in [1.165, 1.54) is 11.1 Å². The highest BCUT2D eigenvalue weighted by atomic mass is 16.1. The third-order valence-electron chi connectivity index (χ3n) is 3.92. The first-order valence-corrected chi connectivity index (χ1v) is 7.08. The molecular formula is C17H18N2O. The molecule has 1 N–H and O–H groups in total. The molecule has 0 fully saturated rings. The van der Waals surface area contributed by atoms with Crippen molar-refractivity contribution in [1.82, 2.24) is 10.3 Å². The number of rotatable bonds is 3. The number of carbonyl (C=O) groups excluding carboxylic acids is 1. The fourth-order valence-corrected chi connectivity index (χ4v) is 2.78. The van der Waals surface area contributed by atoms with Crippen molar-refractivity contribution < 1.29 is 4.79 Å². The molecule has 1 aromatic carbocycles. The predicted molar refractivity (Wildman–Crippen MR) is 78.5 cm³/mol. The van der Waals surface area contributed by atoms with E-state index in [2.05, 4.69) is 34.6 Å². The van der Waals surface area contributed by atoms with E-state index in [4.69, 9.17) is 0 Å². The summed E-state index contributed by atoms with van der Waals surface area (Å²) in [7, 11) is 0.